The first-order chi connectivity index (χ1) is 15.8. The standard InChI is InChI=1S/C27H27ClN2OS2/c1-27(2,3)22-8-6-20(7-9-22)24(17-30-14-13-29-18-30)31-26(32)25-21(12-15-33-25)16-19-4-10-23(28)11-5-19/h4-15,18,24H,16-17H2,1-3H3. The van der Waals surface area contributed by atoms with Crippen LogP contribution in [0.2, 0.25) is 5.02 Å². The molecule has 0 bridgehead atoms. The lowest BCUT2D eigenvalue weighted by molar-refractivity contribution is 0.176. The largest absolute Gasteiger partial charge is 0.472 e. The van der Waals surface area contributed by atoms with Gasteiger partial charge in [0.2, 0.25) is 5.05 Å². The molecule has 6 heteroatoms. The summed E-state index contributed by atoms with van der Waals surface area (Å²) in [7, 11) is 0. The van der Waals surface area contributed by atoms with Crippen molar-refractivity contribution in [2.45, 2.75) is 45.3 Å². The van der Waals surface area contributed by atoms with Crippen molar-refractivity contribution < 1.29 is 4.74 Å². The topological polar surface area (TPSA) is 27.1 Å². The summed E-state index contributed by atoms with van der Waals surface area (Å²) in [4.78, 5) is 5.18. The molecule has 0 aliphatic carbocycles. The van der Waals surface area contributed by atoms with E-state index < -0.39 is 0 Å². The molecular formula is C27H27ClN2OS2. The quantitative estimate of drug-likeness (QED) is 0.247. The fourth-order valence-corrected chi connectivity index (χ4v) is 4.98. The molecule has 0 fully saturated rings. The molecule has 3 nitrogen and oxygen atoms in total. The second-order valence-electron chi connectivity index (χ2n) is 9.10. The molecule has 2 aromatic carbocycles. The molecule has 0 spiro atoms. The maximum atomic E-state index is 6.45. The highest BCUT2D eigenvalue weighted by Crippen LogP contribution is 2.29. The molecule has 170 valence electrons. The second kappa shape index (κ2) is 10.2. The number of halogens is 1. The van der Waals surface area contributed by atoms with Crippen LogP contribution in [0.3, 0.4) is 0 Å². The van der Waals surface area contributed by atoms with Gasteiger partial charge >= 0.3 is 0 Å². The highest BCUT2D eigenvalue weighted by Gasteiger charge is 2.21. The first kappa shape index (κ1) is 23.7. The Kier molecular flexibility index (Phi) is 7.32. The second-order valence-corrected chi connectivity index (χ2v) is 10.8. The Morgan fingerprint density at radius 1 is 1.09 bits per heavy atom. The highest BCUT2D eigenvalue weighted by molar-refractivity contribution is 7.80. The minimum absolute atomic E-state index is 0.0993. The number of thiophene rings is 1. The van der Waals surface area contributed by atoms with Gasteiger partial charge in [0.1, 0.15) is 6.10 Å². The lowest BCUT2D eigenvalue weighted by Crippen LogP contribution is -2.17. The van der Waals surface area contributed by atoms with Crippen molar-refractivity contribution >= 4 is 40.2 Å². The molecule has 4 aromatic rings. The number of thiocarbonyl (C=S) groups is 1. The minimum atomic E-state index is -0.216. The van der Waals surface area contributed by atoms with Crippen LogP contribution in [0.1, 0.15) is 54.0 Å². The molecule has 0 aliphatic heterocycles. The Morgan fingerprint density at radius 3 is 2.45 bits per heavy atom. The van der Waals surface area contributed by atoms with Gasteiger partial charge < -0.3 is 9.30 Å². The number of benzene rings is 2. The molecule has 0 saturated carbocycles. The summed E-state index contributed by atoms with van der Waals surface area (Å²) < 4.78 is 8.47. The van der Waals surface area contributed by atoms with E-state index in [0.717, 1.165) is 27.4 Å². The van der Waals surface area contributed by atoms with Gasteiger partial charge in [-0.2, -0.15) is 0 Å². The monoisotopic (exact) mass is 494 g/mol. The molecule has 0 aliphatic rings. The fourth-order valence-electron chi connectivity index (χ4n) is 3.65. The zero-order valence-electron chi connectivity index (χ0n) is 19.0. The molecule has 2 aromatic heterocycles. The minimum Gasteiger partial charge on any atom is -0.472 e. The third kappa shape index (κ3) is 6.11. The molecular weight excluding hydrogens is 468 g/mol. The number of nitrogens with zero attached hydrogens (tertiary/aromatic N) is 2. The Balaban J connectivity index is 1.56. The molecule has 4 rings (SSSR count). The molecule has 1 unspecified atom stereocenters. The number of hydrogen-bond acceptors (Lipinski definition) is 4. The average molecular weight is 495 g/mol. The molecule has 1 atom stereocenters. The zero-order chi connectivity index (χ0) is 23.4. The van der Waals surface area contributed by atoms with Gasteiger partial charge in [-0.1, -0.05) is 68.8 Å². The van der Waals surface area contributed by atoms with Crippen LogP contribution in [0, 0.1) is 0 Å². The van der Waals surface area contributed by atoms with E-state index in [-0.39, 0.29) is 11.5 Å². The van der Waals surface area contributed by atoms with Crippen LogP contribution in [0.15, 0.2) is 78.7 Å². The summed E-state index contributed by atoms with van der Waals surface area (Å²) in [5.74, 6) is 0. The zero-order valence-corrected chi connectivity index (χ0v) is 21.4. The van der Waals surface area contributed by atoms with Crippen molar-refractivity contribution in [2.75, 3.05) is 0 Å². The smallest absolute Gasteiger partial charge is 0.202 e. The average Bonchev–Trinajstić information content (AvgIpc) is 3.46. The molecule has 0 amide bonds. The molecule has 0 saturated heterocycles. The van der Waals surface area contributed by atoms with Crippen LogP contribution < -0.4 is 0 Å². The number of imidazole rings is 1. The first-order valence-corrected chi connectivity index (χ1v) is 12.5. The van der Waals surface area contributed by atoms with Crippen LogP contribution in [0.25, 0.3) is 0 Å². The van der Waals surface area contributed by atoms with E-state index in [0.29, 0.717) is 11.6 Å². The van der Waals surface area contributed by atoms with Crippen molar-refractivity contribution in [1.82, 2.24) is 9.55 Å². The van der Waals surface area contributed by atoms with E-state index in [1.807, 2.05) is 35.0 Å². The normalized spacial score (nSPS) is 12.5. The predicted molar refractivity (Wildman–Crippen MR) is 141 cm³/mol. The number of hydrogen-bond donors (Lipinski definition) is 0. The fraction of sp³-hybridized carbons (Fsp3) is 0.259. The van der Waals surface area contributed by atoms with E-state index in [1.165, 1.54) is 11.1 Å². The molecule has 2 heterocycles. The molecule has 0 N–H and O–H groups in total. The van der Waals surface area contributed by atoms with Crippen LogP contribution in [0.5, 0.6) is 0 Å². The van der Waals surface area contributed by atoms with Gasteiger partial charge in [0.05, 0.1) is 17.7 Å². The maximum absolute atomic E-state index is 6.45. The van der Waals surface area contributed by atoms with E-state index in [2.05, 4.69) is 61.5 Å². The third-order valence-corrected chi connectivity index (χ3v) is 7.21. The summed E-state index contributed by atoms with van der Waals surface area (Å²) in [6.45, 7) is 7.29. The Morgan fingerprint density at radius 2 is 1.82 bits per heavy atom. The van der Waals surface area contributed by atoms with Gasteiger partial charge in [0, 0.05) is 17.4 Å². The van der Waals surface area contributed by atoms with Crippen molar-refractivity contribution in [3.63, 3.8) is 0 Å². The van der Waals surface area contributed by atoms with Crippen LogP contribution >= 0.6 is 35.2 Å². The summed E-state index contributed by atoms with van der Waals surface area (Å²) in [5, 5.41) is 3.33. The van der Waals surface area contributed by atoms with Gasteiger partial charge in [0.25, 0.3) is 0 Å². The van der Waals surface area contributed by atoms with Gasteiger partial charge in [-0.15, -0.1) is 11.3 Å². The lowest BCUT2D eigenvalue weighted by Gasteiger charge is -2.23. The van der Waals surface area contributed by atoms with Crippen molar-refractivity contribution in [2.24, 2.45) is 0 Å². The van der Waals surface area contributed by atoms with Crippen LogP contribution in [-0.4, -0.2) is 14.6 Å². The van der Waals surface area contributed by atoms with E-state index in [9.17, 15) is 0 Å². The van der Waals surface area contributed by atoms with Gasteiger partial charge in [0.15, 0.2) is 0 Å². The Hall–Kier alpha value is -2.47. The van der Waals surface area contributed by atoms with E-state index in [4.69, 9.17) is 28.6 Å². The number of ether oxygens (including phenoxy) is 1. The third-order valence-electron chi connectivity index (χ3n) is 5.57. The highest BCUT2D eigenvalue weighted by atomic mass is 35.5. The van der Waals surface area contributed by atoms with Crippen LogP contribution in [0.4, 0.5) is 0 Å². The van der Waals surface area contributed by atoms with Gasteiger partial charge in [-0.05, 0) is 69.9 Å². The SMILES string of the molecule is CC(C)(C)c1ccc(C(Cn2ccnc2)OC(=S)c2sccc2Cc2ccc(Cl)cc2)cc1. The molecule has 33 heavy (non-hydrogen) atoms. The summed E-state index contributed by atoms with van der Waals surface area (Å²) in [5.41, 5.74) is 4.84. The number of aromatic nitrogens is 2. The van der Waals surface area contributed by atoms with Crippen molar-refractivity contribution in [1.29, 1.82) is 0 Å². The maximum Gasteiger partial charge on any atom is 0.202 e. The number of rotatable bonds is 7. The first-order valence-electron chi connectivity index (χ1n) is 10.9. The van der Waals surface area contributed by atoms with E-state index >= 15 is 0 Å². The van der Waals surface area contributed by atoms with Gasteiger partial charge in [-0.3, -0.25) is 0 Å². The van der Waals surface area contributed by atoms with E-state index in [1.54, 1.807) is 23.9 Å². The summed E-state index contributed by atoms with van der Waals surface area (Å²) >= 11 is 13.5. The Bertz CT molecular complexity index is 1190. The summed E-state index contributed by atoms with van der Waals surface area (Å²) in [6, 6.07) is 18.7. The predicted octanol–water partition coefficient (Wildman–Crippen LogP) is 7.62. The van der Waals surface area contributed by atoms with Crippen molar-refractivity contribution in [3.8, 4) is 0 Å². The van der Waals surface area contributed by atoms with Crippen molar-refractivity contribution in [3.05, 3.63) is 111 Å². The lowest BCUT2D eigenvalue weighted by atomic mass is 9.86. The van der Waals surface area contributed by atoms with Gasteiger partial charge in [-0.25, -0.2) is 4.98 Å². The summed E-state index contributed by atoms with van der Waals surface area (Å²) in [6.07, 6.45) is 6.10. The molecule has 0 radical (unpaired) electrons. The Labute approximate surface area is 210 Å². The van der Waals surface area contributed by atoms with Crippen LogP contribution in [-0.2, 0) is 23.1 Å².